The van der Waals surface area contributed by atoms with Crippen LogP contribution in [0.15, 0.2) is 54.6 Å². The molecule has 1 fully saturated rings. The van der Waals surface area contributed by atoms with Crippen molar-refractivity contribution < 1.29 is 9.59 Å². The van der Waals surface area contributed by atoms with Crippen LogP contribution in [0.25, 0.3) is 0 Å². The van der Waals surface area contributed by atoms with Crippen LogP contribution in [0.1, 0.15) is 63.9 Å². The van der Waals surface area contributed by atoms with Crippen molar-refractivity contribution >= 4 is 39.8 Å². The first kappa shape index (κ1) is 26.9. The van der Waals surface area contributed by atoms with Gasteiger partial charge in [0, 0.05) is 37.6 Å². The van der Waals surface area contributed by atoms with Gasteiger partial charge in [0.1, 0.15) is 5.00 Å². The highest BCUT2D eigenvalue weighted by atomic mass is 35.5. The largest absolute Gasteiger partial charge is 0.336 e. The third-order valence-corrected chi connectivity index (χ3v) is 9.46. The lowest BCUT2D eigenvalue weighted by Crippen LogP contribution is -2.48. The summed E-state index contributed by atoms with van der Waals surface area (Å²) in [5, 5.41) is 4.14. The highest BCUT2D eigenvalue weighted by Gasteiger charge is 2.36. The summed E-state index contributed by atoms with van der Waals surface area (Å²) in [6, 6.07) is 17.5. The van der Waals surface area contributed by atoms with Crippen LogP contribution in [0.2, 0.25) is 5.02 Å². The molecule has 2 amide bonds. The number of thiophene rings is 1. The number of rotatable bonds is 5. The number of hydrogen-bond acceptors (Lipinski definition) is 4. The molecule has 0 unspecified atom stereocenters. The van der Waals surface area contributed by atoms with Crippen molar-refractivity contribution in [2.24, 2.45) is 11.3 Å². The van der Waals surface area contributed by atoms with E-state index in [4.69, 9.17) is 11.6 Å². The van der Waals surface area contributed by atoms with E-state index in [-0.39, 0.29) is 17.2 Å². The zero-order valence-electron chi connectivity index (χ0n) is 22.4. The molecule has 2 aliphatic rings. The Morgan fingerprint density at radius 3 is 2.37 bits per heavy atom. The zero-order valence-corrected chi connectivity index (χ0v) is 24.0. The second-order valence-electron chi connectivity index (χ2n) is 11.5. The summed E-state index contributed by atoms with van der Waals surface area (Å²) < 4.78 is 0. The van der Waals surface area contributed by atoms with Gasteiger partial charge in [-0.15, -0.1) is 11.3 Å². The number of piperazine rings is 1. The van der Waals surface area contributed by atoms with Crippen molar-refractivity contribution in [3.05, 3.63) is 86.8 Å². The van der Waals surface area contributed by atoms with E-state index in [1.165, 1.54) is 10.4 Å². The Kier molecular flexibility index (Phi) is 7.94. The molecule has 1 aromatic heterocycles. The molecule has 7 heteroatoms. The molecular formula is C31H36ClN3O2S. The van der Waals surface area contributed by atoms with Gasteiger partial charge in [0.05, 0.1) is 16.1 Å². The molecule has 2 heterocycles. The maximum atomic E-state index is 14.0. The molecule has 1 saturated heterocycles. The Morgan fingerprint density at radius 1 is 1.00 bits per heavy atom. The summed E-state index contributed by atoms with van der Waals surface area (Å²) in [4.78, 5) is 32.8. The van der Waals surface area contributed by atoms with Gasteiger partial charge in [-0.25, -0.2) is 0 Å². The quantitative estimate of drug-likeness (QED) is 0.382. The number of anilines is 1. The standard InChI is InChI=1S/C31H36ClN3O2S/c1-31(2,3)22-13-14-24-26(19-22)38-29(33-28(36)23-11-7-8-12-25(23)32)27(24)30(37)35-17-15-34(16-18-35)20-21-9-5-4-6-10-21/h4-12,22H,13-20H2,1-3H3,(H,33,36)/t22-/m1/s1. The normalized spacial score (nSPS) is 18.2. The lowest BCUT2D eigenvalue weighted by molar-refractivity contribution is 0.0628. The van der Waals surface area contributed by atoms with Crippen LogP contribution in [0.3, 0.4) is 0 Å². The predicted octanol–water partition coefficient (Wildman–Crippen LogP) is 6.76. The maximum Gasteiger partial charge on any atom is 0.257 e. The van der Waals surface area contributed by atoms with Crippen LogP contribution < -0.4 is 5.32 Å². The first-order valence-electron chi connectivity index (χ1n) is 13.5. The van der Waals surface area contributed by atoms with Crippen LogP contribution in [0.5, 0.6) is 0 Å². The third kappa shape index (κ3) is 5.83. The molecule has 3 aromatic rings. The molecule has 1 aliphatic heterocycles. The molecule has 38 heavy (non-hydrogen) atoms. The fourth-order valence-electron chi connectivity index (χ4n) is 5.56. The lowest BCUT2D eigenvalue weighted by Gasteiger charge is -2.36. The minimum absolute atomic E-state index is 0.0329. The lowest BCUT2D eigenvalue weighted by atomic mass is 9.72. The van der Waals surface area contributed by atoms with Gasteiger partial charge in [-0.05, 0) is 53.9 Å². The Labute approximate surface area is 234 Å². The molecule has 0 saturated carbocycles. The van der Waals surface area contributed by atoms with E-state index in [1.807, 2.05) is 17.0 Å². The number of amides is 2. The molecule has 0 spiro atoms. The number of benzene rings is 2. The number of halogens is 1. The molecule has 0 radical (unpaired) electrons. The Morgan fingerprint density at radius 2 is 1.68 bits per heavy atom. The van der Waals surface area contributed by atoms with Crippen LogP contribution in [-0.2, 0) is 19.4 Å². The highest BCUT2D eigenvalue weighted by molar-refractivity contribution is 7.17. The van der Waals surface area contributed by atoms with Crippen molar-refractivity contribution in [2.75, 3.05) is 31.5 Å². The van der Waals surface area contributed by atoms with Crippen LogP contribution in [-0.4, -0.2) is 47.8 Å². The molecule has 1 N–H and O–H groups in total. The number of carbonyl (C=O) groups excluding carboxylic acids is 2. The highest BCUT2D eigenvalue weighted by Crippen LogP contribution is 2.45. The van der Waals surface area contributed by atoms with Crippen molar-refractivity contribution in [3.8, 4) is 0 Å². The molecular weight excluding hydrogens is 514 g/mol. The first-order chi connectivity index (χ1) is 18.2. The second kappa shape index (κ2) is 11.2. The van der Waals surface area contributed by atoms with Gasteiger partial charge < -0.3 is 10.2 Å². The number of hydrogen-bond donors (Lipinski definition) is 1. The topological polar surface area (TPSA) is 52.7 Å². The SMILES string of the molecule is CC(C)(C)[C@@H]1CCc2c(sc(NC(=O)c3ccccc3Cl)c2C(=O)N2CCN(Cc3ccccc3)CC2)C1. The van der Waals surface area contributed by atoms with Crippen LogP contribution in [0, 0.1) is 11.3 Å². The number of fused-ring (bicyclic) bond motifs is 1. The van der Waals surface area contributed by atoms with Gasteiger partial charge in [-0.1, -0.05) is 74.8 Å². The average molecular weight is 550 g/mol. The Balaban J connectivity index is 1.38. The van der Waals surface area contributed by atoms with Crippen molar-refractivity contribution in [1.29, 1.82) is 0 Å². The molecule has 5 nitrogen and oxygen atoms in total. The van der Waals surface area contributed by atoms with E-state index < -0.39 is 0 Å². The number of carbonyl (C=O) groups is 2. The summed E-state index contributed by atoms with van der Waals surface area (Å²) in [6.45, 7) is 10.8. The van der Waals surface area contributed by atoms with E-state index in [1.54, 1.807) is 29.5 Å². The smallest absolute Gasteiger partial charge is 0.257 e. The van der Waals surface area contributed by atoms with E-state index in [0.717, 1.165) is 44.5 Å². The van der Waals surface area contributed by atoms with Gasteiger partial charge >= 0.3 is 0 Å². The Bertz CT molecular complexity index is 1310. The number of nitrogens with zero attached hydrogens (tertiary/aromatic N) is 2. The van der Waals surface area contributed by atoms with Crippen LogP contribution >= 0.6 is 22.9 Å². The van der Waals surface area contributed by atoms with E-state index in [2.05, 4.69) is 55.3 Å². The summed E-state index contributed by atoms with van der Waals surface area (Å²) in [6.07, 6.45) is 2.86. The van der Waals surface area contributed by atoms with Gasteiger partial charge in [0.2, 0.25) is 0 Å². The van der Waals surface area contributed by atoms with Crippen molar-refractivity contribution in [3.63, 3.8) is 0 Å². The molecule has 200 valence electrons. The molecule has 1 aliphatic carbocycles. The van der Waals surface area contributed by atoms with Gasteiger partial charge in [0.25, 0.3) is 11.8 Å². The summed E-state index contributed by atoms with van der Waals surface area (Å²) in [5.74, 6) is 0.305. The van der Waals surface area contributed by atoms with E-state index in [9.17, 15) is 9.59 Å². The second-order valence-corrected chi connectivity index (χ2v) is 13.0. The average Bonchev–Trinajstić information content (AvgIpc) is 3.26. The minimum Gasteiger partial charge on any atom is -0.336 e. The summed E-state index contributed by atoms with van der Waals surface area (Å²) in [5.41, 5.74) is 3.72. The van der Waals surface area contributed by atoms with Gasteiger partial charge in [-0.2, -0.15) is 0 Å². The van der Waals surface area contributed by atoms with Gasteiger partial charge in [-0.3, -0.25) is 14.5 Å². The van der Waals surface area contributed by atoms with Gasteiger partial charge in [0.15, 0.2) is 0 Å². The molecule has 0 bridgehead atoms. The fourth-order valence-corrected chi connectivity index (χ4v) is 7.10. The minimum atomic E-state index is -0.275. The third-order valence-electron chi connectivity index (χ3n) is 7.96. The fraction of sp³-hybridized carbons (Fsp3) is 0.419. The monoisotopic (exact) mass is 549 g/mol. The molecule has 2 aromatic carbocycles. The number of nitrogens with one attached hydrogen (secondary N) is 1. The first-order valence-corrected chi connectivity index (χ1v) is 14.7. The molecule has 1 atom stereocenters. The van der Waals surface area contributed by atoms with E-state index >= 15 is 0 Å². The van der Waals surface area contributed by atoms with E-state index in [0.29, 0.717) is 40.2 Å². The van der Waals surface area contributed by atoms with Crippen molar-refractivity contribution in [1.82, 2.24) is 9.80 Å². The summed E-state index contributed by atoms with van der Waals surface area (Å²) >= 11 is 7.89. The maximum absolute atomic E-state index is 14.0. The predicted molar refractivity (Wildman–Crippen MR) is 156 cm³/mol. The van der Waals surface area contributed by atoms with Crippen LogP contribution in [0.4, 0.5) is 5.00 Å². The summed E-state index contributed by atoms with van der Waals surface area (Å²) in [7, 11) is 0. The van der Waals surface area contributed by atoms with Crippen molar-refractivity contribution in [2.45, 2.75) is 46.6 Å². The molecule has 5 rings (SSSR count). The Hall–Kier alpha value is -2.67. The zero-order chi connectivity index (χ0) is 26.9.